The molecule has 1 saturated heterocycles. The van der Waals surface area contributed by atoms with Crippen LogP contribution in [0.25, 0.3) is 5.65 Å². The van der Waals surface area contributed by atoms with Gasteiger partial charge >= 0.3 is 0 Å². The van der Waals surface area contributed by atoms with Gasteiger partial charge in [0, 0.05) is 36.8 Å². The van der Waals surface area contributed by atoms with Gasteiger partial charge in [0.1, 0.15) is 11.6 Å². The van der Waals surface area contributed by atoms with Crippen molar-refractivity contribution in [2.45, 2.75) is 38.8 Å². The number of hydrogen-bond donors (Lipinski definition) is 5. The van der Waals surface area contributed by atoms with Gasteiger partial charge in [-0.05, 0) is 24.9 Å². The number of anilines is 2. The maximum absolute atomic E-state index is 10.2. The molecule has 0 spiro atoms. The molecule has 0 saturated carbocycles. The summed E-state index contributed by atoms with van der Waals surface area (Å²) < 4.78 is 1.84. The molecule has 3 aromatic rings. The van der Waals surface area contributed by atoms with Crippen molar-refractivity contribution in [3.63, 3.8) is 0 Å². The maximum Gasteiger partial charge on any atom is 0.163 e. The molecule has 2 atom stereocenters. The highest BCUT2D eigenvalue weighted by molar-refractivity contribution is 5.61. The van der Waals surface area contributed by atoms with Crippen LogP contribution in [0, 0.1) is 5.92 Å². The zero-order chi connectivity index (χ0) is 19.5. The van der Waals surface area contributed by atoms with Gasteiger partial charge < -0.3 is 21.1 Å². The summed E-state index contributed by atoms with van der Waals surface area (Å²) >= 11 is 0. The molecule has 0 aliphatic carbocycles. The van der Waals surface area contributed by atoms with Crippen LogP contribution in [-0.4, -0.2) is 55.6 Å². The molecule has 1 aliphatic heterocycles. The highest BCUT2D eigenvalue weighted by Crippen LogP contribution is 2.25. The third-order valence-electron chi connectivity index (χ3n) is 5.27. The van der Waals surface area contributed by atoms with Crippen LogP contribution in [0.5, 0.6) is 0 Å². The van der Waals surface area contributed by atoms with Crippen LogP contribution in [-0.2, 0) is 6.54 Å². The molecule has 5 N–H and O–H groups in total. The van der Waals surface area contributed by atoms with Crippen LogP contribution in [0.15, 0.2) is 24.5 Å². The molecule has 0 aromatic carbocycles. The number of β-amino-alcohol motifs (C(OH)–C–C–N with tert-alkyl or cyclic N) is 1. The molecular weight excluding hydrogens is 356 g/mol. The molecule has 1 unspecified atom stereocenters. The summed E-state index contributed by atoms with van der Waals surface area (Å²) in [5.41, 5.74) is 2.95. The fourth-order valence-corrected chi connectivity index (χ4v) is 3.54. The van der Waals surface area contributed by atoms with Crippen molar-refractivity contribution in [1.29, 1.82) is 0 Å². The summed E-state index contributed by atoms with van der Waals surface area (Å²) in [7, 11) is 0. The summed E-state index contributed by atoms with van der Waals surface area (Å²) in [6.45, 7) is 7.17. The smallest absolute Gasteiger partial charge is 0.163 e. The lowest BCUT2D eigenvalue weighted by molar-refractivity contribution is 0.0883. The van der Waals surface area contributed by atoms with E-state index in [1.54, 1.807) is 6.20 Å². The van der Waals surface area contributed by atoms with Gasteiger partial charge in [-0.15, -0.1) is 0 Å². The van der Waals surface area contributed by atoms with E-state index in [2.05, 4.69) is 45.1 Å². The van der Waals surface area contributed by atoms with Crippen molar-refractivity contribution in [3.8, 4) is 0 Å². The lowest BCUT2D eigenvalue weighted by Crippen LogP contribution is -2.43. The van der Waals surface area contributed by atoms with Crippen molar-refractivity contribution >= 4 is 17.3 Å². The molecule has 1 aliphatic rings. The Kier molecular flexibility index (Phi) is 5.45. The minimum atomic E-state index is -0.329. The first-order valence-electron chi connectivity index (χ1n) is 9.85. The summed E-state index contributed by atoms with van der Waals surface area (Å²) in [6.07, 6.45) is 4.24. The minimum absolute atomic E-state index is 0.218. The van der Waals surface area contributed by atoms with Gasteiger partial charge in [-0.3, -0.25) is 5.10 Å². The normalized spacial score (nSPS) is 20.0. The summed E-state index contributed by atoms with van der Waals surface area (Å²) in [6, 6.07) is 3.90. The second kappa shape index (κ2) is 8.15. The molecule has 0 amide bonds. The summed E-state index contributed by atoms with van der Waals surface area (Å²) in [5.74, 6) is 2.19. The minimum Gasteiger partial charge on any atom is -0.391 e. The summed E-state index contributed by atoms with van der Waals surface area (Å²) in [4.78, 5) is 4.80. The van der Waals surface area contributed by atoms with E-state index in [1.165, 1.54) is 0 Å². The van der Waals surface area contributed by atoms with Crippen molar-refractivity contribution in [3.05, 3.63) is 35.8 Å². The third-order valence-corrected chi connectivity index (χ3v) is 5.27. The molecule has 9 nitrogen and oxygen atoms in total. The highest BCUT2D eigenvalue weighted by atomic mass is 16.3. The van der Waals surface area contributed by atoms with E-state index in [0.29, 0.717) is 25.6 Å². The van der Waals surface area contributed by atoms with Crippen LogP contribution >= 0.6 is 0 Å². The largest absolute Gasteiger partial charge is 0.391 e. The van der Waals surface area contributed by atoms with E-state index in [4.69, 9.17) is 4.98 Å². The SMILES string of the molecule is CC(C)c1cnn2c(NCc3ccn[nH]3)cc(NCC3CCNC[C@@H]3O)nc12. The second-order valence-electron chi connectivity index (χ2n) is 7.65. The Morgan fingerprint density at radius 1 is 1.36 bits per heavy atom. The standard InChI is InChI=1S/C19H28N8O/c1-12(2)15-10-24-27-18(22-9-14-4-6-23-26-14)7-17(25-19(15)27)21-8-13-3-5-20-11-16(13)28/h4,6-7,10,12-13,16,20,22,28H,3,5,8-9,11H2,1-2H3,(H,21,25)(H,23,26)/t13?,16-/m0/s1. The molecule has 4 heterocycles. The predicted octanol–water partition coefficient (Wildman–Crippen LogP) is 1.57. The fourth-order valence-electron chi connectivity index (χ4n) is 3.54. The van der Waals surface area contributed by atoms with Gasteiger partial charge in [0.15, 0.2) is 5.65 Å². The van der Waals surface area contributed by atoms with Crippen molar-refractivity contribution in [1.82, 2.24) is 30.1 Å². The van der Waals surface area contributed by atoms with E-state index >= 15 is 0 Å². The number of aromatic amines is 1. The summed E-state index contributed by atoms with van der Waals surface area (Å²) in [5, 5.41) is 31.7. The van der Waals surface area contributed by atoms with Gasteiger partial charge in [-0.1, -0.05) is 13.8 Å². The van der Waals surface area contributed by atoms with Gasteiger partial charge in [0.2, 0.25) is 0 Å². The monoisotopic (exact) mass is 384 g/mol. The average Bonchev–Trinajstić information content (AvgIpc) is 3.35. The van der Waals surface area contributed by atoms with Crippen molar-refractivity contribution < 1.29 is 5.11 Å². The van der Waals surface area contributed by atoms with E-state index in [1.807, 2.05) is 22.8 Å². The van der Waals surface area contributed by atoms with Crippen molar-refractivity contribution in [2.75, 3.05) is 30.3 Å². The molecule has 0 radical (unpaired) electrons. The first kappa shape index (κ1) is 18.7. The number of fused-ring (bicyclic) bond motifs is 1. The molecule has 9 heteroatoms. The molecule has 1 fully saturated rings. The molecule has 3 aromatic heterocycles. The van der Waals surface area contributed by atoms with E-state index in [0.717, 1.165) is 41.5 Å². The quantitative estimate of drug-likeness (QED) is 0.420. The first-order chi connectivity index (χ1) is 13.6. The Hall–Kier alpha value is -2.65. The van der Waals surface area contributed by atoms with Crippen LogP contribution in [0.4, 0.5) is 11.6 Å². The number of piperidine rings is 1. The molecular formula is C19H28N8O. The Morgan fingerprint density at radius 3 is 3.00 bits per heavy atom. The van der Waals surface area contributed by atoms with Gasteiger partial charge in [0.05, 0.1) is 24.5 Å². The van der Waals surface area contributed by atoms with E-state index < -0.39 is 0 Å². The molecule has 0 bridgehead atoms. The van der Waals surface area contributed by atoms with Crippen LogP contribution in [0.2, 0.25) is 0 Å². The maximum atomic E-state index is 10.2. The predicted molar refractivity (Wildman–Crippen MR) is 108 cm³/mol. The molecule has 28 heavy (non-hydrogen) atoms. The number of H-pyrrole nitrogens is 1. The van der Waals surface area contributed by atoms with Crippen molar-refractivity contribution in [2.24, 2.45) is 5.92 Å². The second-order valence-corrected chi connectivity index (χ2v) is 7.65. The fraction of sp³-hybridized carbons (Fsp3) is 0.526. The van der Waals surface area contributed by atoms with Crippen LogP contribution in [0.3, 0.4) is 0 Å². The number of aliphatic hydroxyl groups excluding tert-OH is 1. The lowest BCUT2D eigenvalue weighted by atomic mass is 9.95. The van der Waals surface area contributed by atoms with Gasteiger partial charge in [0.25, 0.3) is 0 Å². The number of hydrogen-bond acceptors (Lipinski definition) is 7. The number of rotatable bonds is 7. The van der Waals surface area contributed by atoms with E-state index in [9.17, 15) is 5.11 Å². The Bertz CT molecular complexity index is 904. The molecule has 4 rings (SSSR count). The van der Waals surface area contributed by atoms with Crippen LogP contribution in [0.1, 0.15) is 37.4 Å². The Morgan fingerprint density at radius 2 is 2.25 bits per heavy atom. The Labute approximate surface area is 163 Å². The molecule has 150 valence electrons. The number of nitrogens with one attached hydrogen (secondary N) is 4. The Balaban J connectivity index is 1.58. The third kappa shape index (κ3) is 3.95. The topological polar surface area (TPSA) is 115 Å². The number of aromatic nitrogens is 5. The average molecular weight is 384 g/mol. The first-order valence-corrected chi connectivity index (χ1v) is 9.85. The van der Waals surface area contributed by atoms with Gasteiger partial charge in [-0.25, -0.2) is 4.98 Å². The number of aliphatic hydroxyl groups is 1. The number of nitrogens with zero attached hydrogens (tertiary/aromatic N) is 4. The zero-order valence-electron chi connectivity index (χ0n) is 16.3. The highest BCUT2D eigenvalue weighted by Gasteiger charge is 2.23. The van der Waals surface area contributed by atoms with Crippen LogP contribution < -0.4 is 16.0 Å². The lowest BCUT2D eigenvalue weighted by Gasteiger charge is -2.28. The van der Waals surface area contributed by atoms with E-state index in [-0.39, 0.29) is 12.0 Å². The van der Waals surface area contributed by atoms with Gasteiger partial charge in [-0.2, -0.15) is 14.7 Å². The zero-order valence-corrected chi connectivity index (χ0v) is 16.3.